The highest BCUT2D eigenvalue weighted by atomic mass is 16.5. The summed E-state index contributed by atoms with van der Waals surface area (Å²) < 4.78 is 5.69. The molecule has 3 rings (SSSR count). The highest BCUT2D eigenvalue weighted by Crippen LogP contribution is 2.38. The summed E-state index contributed by atoms with van der Waals surface area (Å²) in [5, 5.41) is 0. The molecule has 2 heterocycles. The zero-order valence-electron chi connectivity index (χ0n) is 12.9. The maximum atomic E-state index is 12.6. The van der Waals surface area contributed by atoms with Gasteiger partial charge in [-0.25, -0.2) is 0 Å². The van der Waals surface area contributed by atoms with Crippen molar-refractivity contribution in [1.82, 2.24) is 9.88 Å². The Morgan fingerprint density at radius 1 is 1.32 bits per heavy atom. The molecule has 1 aliphatic heterocycles. The number of amides is 1. The normalized spacial score (nSPS) is 26.2. The van der Waals surface area contributed by atoms with Gasteiger partial charge in [0.25, 0.3) is 0 Å². The fraction of sp³-hybridized carbons (Fsp3) is 0.588. The van der Waals surface area contributed by atoms with Gasteiger partial charge in [0, 0.05) is 25.9 Å². The average molecular weight is 302 g/mol. The molecule has 2 fully saturated rings. The topological polar surface area (TPSA) is 59.5 Å². The van der Waals surface area contributed by atoms with E-state index in [2.05, 4.69) is 4.98 Å². The van der Waals surface area contributed by atoms with Gasteiger partial charge < -0.3 is 9.64 Å². The lowest BCUT2D eigenvalue weighted by Gasteiger charge is -2.27. The van der Waals surface area contributed by atoms with Crippen LogP contribution >= 0.6 is 0 Å². The summed E-state index contributed by atoms with van der Waals surface area (Å²) >= 11 is 0. The molecular formula is C17H22N2O3. The minimum absolute atomic E-state index is 0.0144. The lowest BCUT2D eigenvalue weighted by Crippen LogP contribution is -2.30. The first-order valence-corrected chi connectivity index (χ1v) is 8.03. The third kappa shape index (κ3) is 2.98. The molecule has 0 bridgehead atoms. The minimum Gasteiger partial charge on any atom is -0.462 e. The predicted octanol–water partition coefficient (Wildman–Crippen LogP) is 2.48. The Labute approximate surface area is 130 Å². The highest BCUT2D eigenvalue weighted by Gasteiger charge is 2.44. The third-order valence-electron chi connectivity index (χ3n) is 4.75. The zero-order valence-corrected chi connectivity index (χ0v) is 12.9. The summed E-state index contributed by atoms with van der Waals surface area (Å²) in [6, 6.07) is 3.47. The predicted molar refractivity (Wildman–Crippen MR) is 80.8 cm³/mol. The second kappa shape index (κ2) is 6.46. The van der Waals surface area contributed by atoms with Crippen LogP contribution in [-0.2, 0) is 14.3 Å². The lowest BCUT2D eigenvalue weighted by molar-refractivity contribution is -0.156. The fourth-order valence-electron chi connectivity index (χ4n) is 3.52. The van der Waals surface area contributed by atoms with E-state index in [4.69, 9.17) is 4.74 Å². The standard InChI is InChI=1S/C17H22N2O3/c1-19-15(20)10-14(16(19)12-6-5-9-18-11-12)17(21)22-13-7-3-2-4-8-13/h5-6,9,11,13-14,16H,2-4,7-8,10H2,1H3. The van der Waals surface area contributed by atoms with Gasteiger partial charge in [0.05, 0.1) is 12.0 Å². The van der Waals surface area contributed by atoms with Crippen molar-refractivity contribution in [3.63, 3.8) is 0 Å². The van der Waals surface area contributed by atoms with Crippen molar-refractivity contribution in [2.75, 3.05) is 7.05 Å². The molecule has 0 aromatic carbocycles. The molecule has 0 spiro atoms. The van der Waals surface area contributed by atoms with E-state index in [0.29, 0.717) is 0 Å². The van der Waals surface area contributed by atoms with Gasteiger partial charge in [0.1, 0.15) is 6.10 Å². The van der Waals surface area contributed by atoms with Crippen LogP contribution in [-0.4, -0.2) is 34.9 Å². The maximum Gasteiger partial charge on any atom is 0.312 e. The first kappa shape index (κ1) is 15.0. The number of hydrogen-bond donors (Lipinski definition) is 0. The molecule has 1 aromatic rings. The molecule has 2 aliphatic rings. The first-order valence-electron chi connectivity index (χ1n) is 8.03. The molecule has 1 saturated heterocycles. The highest BCUT2D eigenvalue weighted by molar-refractivity contribution is 5.88. The van der Waals surface area contributed by atoms with Crippen LogP contribution in [0.25, 0.3) is 0 Å². The number of esters is 1. The molecule has 5 nitrogen and oxygen atoms in total. The molecule has 118 valence electrons. The Bertz CT molecular complexity index is 540. The monoisotopic (exact) mass is 302 g/mol. The Balaban J connectivity index is 1.75. The van der Waals surface area contributed by atoms with Crippen molar-refractivity contribution in [3.8, 4) is 0 Å². The average Bonchev–Trinajstić information content (AvgIpc) is 2.85. The first-order chi connectivity index (χ1) is 10.7. The summed E-state index contributed by atoms with van der Waals surface area (Å²) in [4.78, 5) is 30.4. The molecule has 5 heteroatoms. The second-order valence-electron chi connectivity index (χ2n) is 6.24. The number of carbonyl (C=O) groups excluding carboxylic acids is 2. The summed E-state index contributed by atoms with van der Waals surface area (Å²) in [5.41, 5.74) is 0.890. The Morgan fingerprint density at radius 2 is 2.09 bits per heavy atom. The molecule has 2 unspecified atom stereocenters. The van der Waals surface area contributed by atoms with Gasteiger partial charge in [-0.05, 0) is 37.3 Å². The molecule has 1 amide bonds. The van der Waals surface area contributed by atoms with E-state index in [9.17, 15) is 9.59 Å². The summed E-state index contributed by atoms with van der Waals surface area (Å²) in [6.07, 6.45) is 9.01. The minimum atomic E-state index is -0.427. The van der Waals surface area contributed by atoms with E-state index in [-0.39, 0.29) is 30.4 Å². The Kier molecular flexibility index (Phi) is 4.41. The molecule has 2 atom stereocenters. The van der Waals surface area contributed by atoms with E-state index in [1.54, 1.807) is 24.3 Å². The van der Waals surface area contributed by atoms with Gasteiger partial charge in [-0.1, -0.05) is 12.5 Å². The Morgan fingerprint density at radius 3 is 2.77 bits per heavy atom. The number of hydrogen-bond acceptors (Lipinski definition) is 4. The number of nitrogens with zero attached hydrogens (tertiary/aromatic N) is 2. The van der Waals surface area contributed by atoms with Crippen LogP contribution < -0.4 is 0 Å². The van der Waals surface area contributed by atoms with Gasteiger partial charge in [0.15, 0.2) is 0 Å². The third-order valence-corrected chi connectivity index (χ3v) is 4.75. The van der Waals surface area contributed by atoms with Gasteiger partial charge >= 0.3 is 5.97 Å². The quantitative estimate of drug-likeness (QED) is 0.805. The number of pyridine rings is 1. The van der Waals surface area contributed by atoms with Crippen LogP contribution in [0.15, 0.2) is 24.5 Å². The van der Waals surface area contributed by atoms with Crippen molar-refractivity contribution in [2.24, 2.45) is 5.92 Å². The van der Waals surface area contributed by atoms with Crippen molar-refractivity contribution in [3.05, 3.63) is 30.1 Å². The number of carbonyl (C=O) groups is 2. The van der Waals surface area contributed by atoms with Crippen molar-refractivity contribution in [2.45, 2.75) is 50.7 Å². The van der Waals surface area contributed by atoms with Gasteiger partial charge in [-0.15, -0.1) is 0 Å². The molecular weight excluding hydrogens is 280 g/mol. The van der Waals surface area contributed by atoms with Crippen LogP contribution in [0, 0.1) is 5.92 Å². The van der Waals surface area contributed by atoms with Crippen molar-refractivity contribution < 1.29 is 14.3 Å². The van der Waals surface area contributed by atoms with E-state index in [0.717, 1.165) is 31.2 Å². The van der Waals surface area contributed by atoms with Crippen molar-refractivity contribution >= 4 is 11.9 Å². The van der Waals surface area contributed by atoms with E-state index < -0.39 is 5.92 Å². The maximum absolute atomic E-state index is 12.6. The SMILES string of the molecule is CN1C(=O)CC(C(=O)OC2CCCCC2)C1c1cccnc1. The summed E-state index contributed by atoms with van der Waals surface area (Å²) in [5.74, 6) is -0.679. The fourth-order valence-corrected chi connectivity index (χ4v) is 3.52. The molecule has 0 radical (unpaired) electrons. The van der Waals surface area contributed by atoms with E-state index >= 15 is 0 Å². The van der Waals surface area contributed by atoms with Gasteiger partial charge in [0.2, 0.25) is 5.91 Å². The Hall–Kier alpha value is -1.91. The molecule has 1 saturated carbocycles. The van der Waals surface area contributed by atoms with Crippen LogP contribution in [0.2, 0.25) is 0 Å². The van der Waals surface area contributed by atoms with E-state index in [1.807, 2.05) is 12.1 Å². The van der Waals surface area contributed by atoms with E-state index in [1.165, 1.54) is 6.42 Å². The summed E-state index contributed by atoms with van der Waals surface area (Å²) in [6.45, 7) is 0. The van der Waals surface area contributed by atoms with Gasteiger partial charge in [-0.2, -0.15) is 0 Å². The van der Waals surface area contributed by atoms with Crippen molar-refractivity contribution in [1.29, 1.82) is 0 Å². The largest absolute Gasteiger partial charge is 0.462 e. The smallest absolute Gasteiger partial charge is 0.312 e. The molecule has 22 heavy (non-hydrogen) atoms. The van der Waals surface area contributed by atoms with Crippen LogP contribution in [0.3, 0.4) is 0 Å². The number of rotatable bonds is 3. The molecule has 1 aliphatic carbocycles. The molecule has 0 N–H and O–H groups in total. The van der Waals surface area contributed by atoms with Crippen LogP contribution in [0.4, 0.5) is 0 Å². The number of likely N-dealkylation sites (tertiary alicyclic amines) is 1. The lowest BCUT2D eigenvalue weighted by atomic mass is 9.94. The molecule has 1 aromatic heterocycles. The van der Waals surface area contributed by atoms with Gasteiger partial charge in [-0.3, -0.25) is 14.6 Å². The zero-order chi connectivity index (χ0) is 15.5. The van der Waals surface area contributed by atoms with Crippen LogP contribution in [0.1, 0.15) is 50.1 Å². The second-order valence-corrected chi connectivity index (χ2v) is 6.24. The number of aromatic nitrogens is 1. The van der Waals surface area contributed by atoms with Crippen LogP contribution in [0.5, 0.6) is 0 Å². The number of ether oxygens (including phenoxy) is 1. The summed E-state index contributed by atoms with van der Waals surface area (Å²) in [7, 11) is 1.74.